The quantitative estimate of drug-likeness (QED) is 0.261. The highest BCUT2D eigenvalue weighted by Crippen LogP contribution is 2.42. The highest BCUT2D eigenvalue weighted by Gasteiger charge is 2.34. The first-order chi connectivity index (χ1) is 17.7. The Hall–Kier alpha value is -4.45. The summed E-state index contributed by atoms with van der Waals surface area (Å²) in [5, 5.41) is 11.0. The number of nitrogens with zero attached hydrogens (tertiary/aromatic N) is 3. The van der Waals surface area contributed by atoms with Gasteiger partial charge in [0.25, 0.3) is 11.2 Å². The lowest BCUT2D eigenvalue weighted by Gasteiger charge is -2.25. The molecule has 1 unspecified atom stereocenters. The smallest absolute Gasteiger partial charge is 0.338 e. The fourth-order valence-electron chi connectivity index (χ4n) is 4.11. The maximum Gasteiger partial charge on any atom is 0.338 e. The van der Waals surface area contributed by atoms with E-state index in [1.165, 1.54) is 45.1 Å². The molecule has 12 heteroatoms. The van der Waals surface area contributed by atoms with Crippen molar-refractivity contribution in [2.24, 2.45) is 4.99 Å². The zero-order valence-electron chi connectivity index (χ0n) is 20.6. The Morgan fingerprint density at radius 3 is 2.22 bits per heavy atom. The molecule has 0 radical (unpaired) electrons. The summed E-state index contributed by atoms with van der Waals surface area (Å²) in [4.78, 5) is 41.9. The number of hydrogen-bond acceptors (Lipinski definition) is 10. The molecule has 2 aromatic carbocycles. The number of methoxy groups -OCH3 is 4. The number of fused-ring (bicyclic) bond motifs is 1. The molecule has 0 saturated carbocycles. The average molecular weight is 526 g/mol. The van der Waals surface area contributed by atoms with Crippen molar-refractivity contribution in [1.29, 1.82) is 0 Å². The van der Waals surface area contributed by atoms with Crippen molar-refractivity contribution in [2.45, 2.75) is 13.0 Å². The molecule has 4 rings (SSSR count). The number of nitro groups is 1. The SMILES string of the molecule is COC(=O)C1=C(C)N=c2sc(=Cc3ccc([N+](=O)[O-])cc3)c(=O)n2C1c1cc(OC)c(OC)c(OC)c1. The molecule has 0 bridgehead atoms. The Morgan fingerprint density at radius 1 is 1.08 bits per heavy atom. The number of rotatable bonds is 7. The second-order valence-corrected chi connectivity index (χ2v) is 8.89. The number of non-ortho nitro benzene ring substituents is 1. The minimum atomic E-state index is -0.892. The maximum atomic E-state index is 13.7. The second-order valence-electron chi connectivity index (χ2n) is 7.88. The van der Waals surface area contributed by atoms with Gasteiger partial charge in [0.05, 0.1) is 55.2 Å². The van der Waals surface area contributed by atoms with E-state index in [9.17, 15) is 19.7 Å². The van der Waals surface area contributed by atoms with E-state index in [-0.39, 0.29) is 11.3 Å². The maximum absolute atomic E-state index is 13.7. The standard InChI is InChI=1S/C25H23N3O8S/c1-13-20(24(30)36-5)21(15-11-17(33-2)22(35-4)18(12-15)34-3)27-23(29)19(37-25(27)26-13)10-14-6-8-16(9-7-14)28(31)32/h6-12,21H,1-5H3. The van der Waals surface area contributed by atoms with Crippen molar-refractivity contribution >= 4 is 29.1 Å². The minimum Gasteiger partial charge on any atom is -0.493 e. The first-order valence-electron chi connectivity index (χ1n) is 10.9. The van der Waals surface area contributed by atoms with Crippen molar-refractivity contribution in [1.82, 2.24) is 4.57 Å². The zero-order chi connectivity index (χ0) is 26.9. The van der Waals surface area contributed by atoms with Crippen LogP contribution in [0.2, 0.25) is 0 Å². The van der Waals surface area contributed by atoms with Gasteiger partial charge in [0.1, 0.15) is 0 Å². The summed E-state index contributed by atoms with van der Waals surface area (Å²) in [7, 11) is 5.68. The van der Waals surface area contributed by atoms with E-state index >= 15 is 0 Å². The van der Waals surface area contributed by atoms with Crippen LogP contribution in [0, 0.1) is 10.1 Å². The lowest BCUT2D eigenvalue weighted by atomic mass is 9.95. The van der Waals surface area contributed by atoms with Crippen molar-refractivity contribution in [3.8, 4) is 17.2 Å². The lowest BCUT2D eigenvalue weighted by molar-refractivity contribution is -0.384. The average Bonchev–Trinajstić information content (AvgIpc) is 3.20. The molecule has 0 aliphatic carbocycles. The second kappa shape index (κ2) is 10.3. The van der Waals surface area contributed by atoms with Crippen LogP contribution >= 0.6 is 11.3 Å². The van der Waals surface area contributed by atoms with Crippen LogP contribution in [0.15, 0.2) is 57.5 Å². The van der Waals surface area contributed by atoms with E-state index in [2.05, 4.69) is 4.99 Å². The van der Waals surface area contributed by atoms with Gasteiger partial charge in [0.15, 0.2) is 16.3 Å². The van der Waals surface area contributed by atoms with E-state index in [1.54, 1.807) is 37.3 Å². The first-order valence-corrected chi connectivity index (χ1v) is 11.7. The number of hydrogen-bond donors (Lipinski definition) is 0. The Morgan fingerprint density at radius 2 is 1.70 bits per heavy atom. The molecule has 1 atom stereocenters. The molecular weight excluding hydrogens is 502 g/mol. The molecule has 0 fully saturated rings. The molecule has 37 heavy (non-hydrogen) atoms. The summed E-state index contributed by atoms with van der Waals surface area (Å²) < 4.78 is 23.2. The van der Waals surface area contributed by atoms with Gasteiger partial charge >= 0.3 is 5.97 Å². The number of nitro benzene ring substituents is 1. The number of thiazole rings is 1. The van der Waals surface area contributed by atoms with E-state index < -0.39 is 22.5 Å². The van der Waals surface area contributed by atoms with Gasteiger partial charge in [0.2, 0.25) is 5.75 Å². The molecule has 11 nitrogen and oxygen atoms in total. The van der Waals surface area contributed by atoms with Gasteiger partial charge in [0, 0.05) is 12.1 Å². The van der Waals surface area contributed by atoms with Crippen molar-refractivity contribution in [3.05, 3.63) is 88.6 Å². The summed E-state index contributed by atoms with van der Waals surface area (Å²) >= 11 is 1.14. The molecule has 1 aromatic heterocycles. The third kappa shape index (κ3) is 4.58. The van der Waals surface area contributed by atoms with Crippen LogP contribution < -0.4 is 29.1 Å². The van der Waals surface area contributed by atoms with Crippen LogP contribution in [0.25, 0.3) is 6.08 Å². The Kier molecular flexibility index (Phi) is 7.11. The molecule has 0 spiro atoms. The van der Waals surface area contributed by atoms with Gasteiger partial charge in [-0.1, -0.05) is 11.3 Å². The molecule has 1 aliphatic rings. The summed E-state index contributed by atoms with van der Waals surface area (Å²) in [6.45, 7) is 1.67. The molecule has 1 aliphatic heterocycles. The molecule has 0 saturated heterocycles. The molecule has 192 valence electrons. The van der Waals surface area contributed by atoms with Crippen molar-refractivity contribution in [2.75, 3.05) is 28.4 Å². The fraction of sp³-hybridized carbons (Fsp3) is 0.240. The van der Waals surface area contributed by atoms with Crippen LogP contribution in [-0.4, -0.2) is 43.9 Å². The van der Waals surface area contributed by atoms with Gasteiger partial charge < -0.3 is 18.9 Å². The number of benzene rings is 2. The molecular formula is C25H23N3O8S. The van der Waals surface area contributed by atoms with Crippen molar-refractivity contribution < 1.29 is 28.7 Å². The zero-order valence-corrected chi connectivity index (χ0v) is 21.5. The van der Waals surface area contributed by atoms with E-state index in [4.69, 9.17) is 18.9 Å². The summed E-state index contributed by atoms with van der Waals surface area (Å²) in [6, 6.07) is 8.28. The minimum absolute atomic E-state index is 0.0562. The largest absolute Gasteiger partial charge is 0.493 e. The molecule has 3 aromatic rings. The lowest BCUT2D eigenvalue weighted by Crippen LogP contribution is -2.39. The number of carbonyl (C=O) groups is 1. The first kappa shape index (κ1) is 25.6. The van der Waals surface area contributed by atoms with Crippen LogP contribution in [0.5, 0.6) is 17.2 Å². The normalized spacial score (nSPS) is 15.1. The number of ether oxygens (including phenoxy) is 4. The molecule has 0 N–H and O–H groups in total. The highest BCUT2D eigenvalue weighted by atomic mass is 32.1. The Bertz CT molecular complexity index is 1580. The highest BCUT2D eigenvalue weighted by molar-refractivity contribution is 7.07. The number of carbonyl (C=O) groups excluding carboxylic acids is 1. The molecule has 0 amide bonds. The number of allylic oxidation sites excluding steroid dienone is 1. The topological polar surface area (TPSA) is 131 Å². The third-order valence-corrected chi connectivity index (χ3v) is 6.81. The fourth-order valence-corrected chi connectivity index (χ4v) is 5.16. The van der Waals surface area contributed by atoms with Gasteiger partial charge in [-0.15, -0.1) is 0 Å². The number of aromatic nitrogens is 1. The number of esters is 1. The van der Waals surface area contributed by atoms with Gasteiger partial charge in [-0.3, -0.25) is 19.5 Å². The van der Waals surface area contributed by atoms with Crippen molar-refractivity contribution in [3.63, 3.8) is 0 Å². The predicted molar refractivity (Wildman–Crippen MR) is 135 cm³/mol. The van der Waals surface area contributed by atoms with Crippen LogP contribution in [0.4, 0.5) is 5.69 Å². The van der Waals surface area contributed by atoms with Gasteiger partial charge in [-0.05, 0) is 48.4 Å². The van der Waals surface area contributed by atoms with Crippen LogP contribution in [-0.2, 0) is 9.53 Å². The summed E-state index contributed by atoms with van der Waals surface area (Å²) in [6.07, 6.45) is 1.62. The Labute approximate surface area is 214 Å². The van der Waals surface area contributed by atoms with Gasteiger partial charge in [-0.2, -0.15) is 0 Å². The monoisotopic (exact) mass is 525 g/mol. The van der Waals surface area contributed by atoms with E-state index in [1.807, 2.05) is 0 Å². The predicted octanol–water partition coefficient (Wildman–Crippen LogP) is 2.34. The van der Waals surface area contributed by atoms with E-state index in [0.29, 0.717) is 43.4 Å². The molecule has 2 heterocycles. The van der Waals surface area contributed by atoms with Crippen LogP contribution in [0.3, 0.4) is 0 Å². The van der Waals surface area contributed by atoms with E-state index in [0.717, 1.165) is 11.3 Å². The summed E-state index contributed by atoms with van der Waals surface area (Å²) in [5.74, 6) is 0.428. The third-order valence-electron chi connectivity index (χ3n) is 5.83. The summed E-state index contributed by atoms with van der Waals surface area (Å²) in [5.41, 5.74) is 1.25. The van der Waals surface area contributed by atoms with Crippen LogP contribution in [0.1, 0.15) is 24.1 Å². The van der Waals surface area contributed by atoms with Gasteiger partial charge in [-0.25, -0.2) is 9.79 Å². The Balaban J connectivity index is 1.98.